The van der Waals surface area contributed by atoms with E-state index in [2.05, 4.69) is 6.92 Å². The Labute approximate surface area is 222 Å². The van der Waals surface area contributed by atoms with Crippen LogP contribution in [0, 0.1) is 0 Å². The minimum atomic E-state index is -1.05. The molecule has 7 heteroatoms. The van der Waals surface area contributed by atoms with E-state index in [9.17, 15) is 14.7 Å². The quantitative estimate of drug-likeness (QED) is 0.369. The number of carbonyl (C=O) groups is 2. The van der Waals surface area contributed by atoms with Gasteiger partial charge in [0.15, 0.2) is 0 Å². The minimum Gasteiger partial charge on any atom is -0.491 e. The van der Waals surface area contributed by atoms with E-state index in [-0.39, 0.29) is 37.1 Å². The number of ether oxygens (including phenoxy) is 2. The summed E-state index contributed by atoms with van der Waals surface area (Å²) in [6.07, 6.45) is 1.63. The number of nitrogens with zero attached hydrogens (tertiary/aromatic N) is 1. The van der Waals surface area contributed by atoms with Gasteiger partial charge in [-0.2, -0.15) is 0 Å². The first-order valence-corrected chi connectivity index (χ1v) is 12.8. The number of rotatable bonds is 10. The van der Waals surface area contributed by atoms with E-state index in [1.165, 1.54) is 4.90 Å². The molecule has 37 heavy (non-hydrogen) atoms. The van der Waals surface area contributed by atoms with Crippen LogP contribution in [0.1, 0.15) is 43.0 Å². The lowest BCUT2D eigenvalue weighted by Crippen LogP contribution is -2.36. The summed E-state index contributed by atoms with van der Waals surface area (Å²) in [6, 6.07) is 20.9. The summed E-state index contributed by atoms with van der Waals surface area (Å²) in [6.45, 7) is 5.83. The smallest absolute Gasteiger partial charge is 0.323 e. The van der Waals surface area contributed by atoms with Crippen LogP contribution in [0.2, 0.25) is 5.02 Å². The maximum absolute atomic E-state index is 13.2. The van der Waals surface area contributed by atoms with Crippen molar-refractivity contribution in [3.05, 3.63) is 94.0 Å². The number of benzene rings is 3. The van der Waals surface area contributed by atoms with Gasteiger partial charge < -0.3 is 19.5 Å². The Kier molecular flexibility index (Phi) is 8.08. The molecule has 194 valence electrons. The number of carboxylic acids is 1. The van der Waals surface area contributed by atoms with Crippen molar-refractivity contribution in [3.63, 3.8) is 0 Å². The van der Waals surface area contributed by atoms with Crippen molar-refractivity contribution >= 4 is 23.5 Å². The topological polar surface area (TPSA) is 76.1 Å². The Balaban J connectivity index is 1.42. The van der Waals surface area contributed by atoms with E-state index in [0.717, 1.165) is 46.6 Å². The summed E-state index contributed by atoms with van der Waals surface area (Å²) in [5, 5.41) is 10.1. The number of aliphatic carboxylic acids is 1. The van der Waals surface area contributed by atoms with Crippen LogP contribution in [0.15, 0.2) is 66.7 Å². The van der Waals surface area contributed by atoms with Gasteiger partial charge in [0.25, 0.3) is 0 Å². The Morgan fingerprint density at radius 2 is 1.68 bits per heavy atom. The Morgan fingerprint density at radius 1 is 1.03 bits per heavy atom. The molecular weight excluding hydrogens is 490 g/mol. The van der Waals surface area contributed by atoms with E-state index in [1.807, 2.05) is 80.6 Å². The second kappa shape index (κ2) is 11.3. The van der Waals surface area contributed by atoms with Gasteiger partial charge in [0.05, 0.1) is 12.5 Å². The molecule has 1 N–H and O–H groups in total. The van der Waals surface area contributed by atoms with Crippen LogP contribution >= 0.6 is 11.6 Å². The molecule has 1 amide bonds. The molecule has 1 heterocycles. The average molecular weight is 522 g/mol. The van der Waals surface area contributed by atoms with Crippen LogP contribution in [0.5, 0.6) is 11.5 Å². The van der Waals surface area contributed by atoms with Crippen molar-refractivity contribution in [2.24, 2.45) is 0 Å². The molecule has 6 nitrogen and oxygen atoms in total. The predicted octanol–water partition coefficient (Wildman–Crippen LogP) is 5.72. The van der Waals surface area contributed by atoms with Gasteiger partial charge in [0, 0.05) is 24.4 Å². The number of amides is 1. The highest BCUT2D eigenvalue weighted by atomic mass is 35.5. The van der Waals surface area contributed by atoms with Crippen molar-refractivity contribution in [1.29, 1.82) is 0 Å². The predicted molar refractivity (Wildman–Crippen MR) is 143 cm³/mol. The number of hydrogen-bond donors (Lipinski definition) is 1. The van der Waals surface area contributed by atoms with E-state index >= 15 is 0 Å². The molecule has 3 aromatic carbocycles. The average Bonchev–Trinajstić information content (AvgIpc) is 3.15. The third kappa shape index (κ3) is 7.26. The molecule has 0 unspecified atom stereocenters. The fourth-order valence-electron chi connectivity index (χ4n) is 4.67. The first-order valence-electron chi connectivity index (χ1n) is 12.4. The number of fused-ring (bicyclic) bond motifs is 1. The lowest BCUT2D eigenvalue weighted by atomic mass is 9.91. The van der Waals surface area contributed by atoms with E-state index in [4.69, 9.17) is 21.1 Å². The fourth-order valence-corrected chi connectivity index (χ4v) is 4.79. The van der Waals surface area contributed by atoms with Gasteiger partial charge in [-0.1, -0.05) is 48.0 Å². The van der Waals surface area contributed by atoms with E-state index in [1.54, 1.807) is 0 Å². The van der Waals surface area contributed by atoms with Gasteiger partial charge in [0.1, 0.15) is 23.6 Å². The molecule has 4 rings (SSSR count). The molecule has 1 aliphatic heterocycles. The zero-order valence-corrected chi connectivity index (χ0v) is 22.1. The Hall–Kier alpha value is -3.51. The van der Waals surface area contributed by atoms with Crippen molar-refractivity contribution < 1.29 is 24.2 Å². The first kappa shape index (κ1) is 26.6. The van der Waals surface area contributed by atoms with Gasteiger partial charge in [-0.05, 0) is 73.4 Å². The second-order valence-corrected chi connectivity index (χ2v) is 10.5. The van der Waals surface area contributed by atoms with Gasteiger partial charge in [-0.25, -0.2) is 0 Å². The van der Waals surface area contributed by atoms with Crippen LogP contribution in [0.3, 0.4) is 0 Å². The van der Waals surface area contributed by atoms with Gasteiger partial charge in [-0.15, -0.1) is 0 Å². The molecule has 0 aromatic heterocycles. The SMILES string of the molecule is CC(C)Oc1ccc(CN(CC(=O)O)C(=O)Cc2ccc3c(c2)C[C@@](C)(Cc2ccc(Cl)cc2)O3)cc1. The summed E-state index contributed by atoms with van der Waals surface area (Å²) in [5.41, 5.74) is 3.47. The van der Waals surface area contributed by atoms with Gasteiger partial charge in [0.2, 0.25) is 5.91 Å². The maximum Gasteiger partial charge on any atom is 0.323 e. The third-order valence-electron chi connectivity index (χ3n) is 6.24. The molecule has 0 bridgehead atoms. The van der Waals surface area contributed by atoms with Crippen molar-refractivity contribution in [3.8, 4) is 11.5 Å². The first-order chi connectivity index (χ1) is 17.6. The standard InChI is InChI=1S/C30H32ClNO5/c1-20(2)36-26-11-6-22(7-12-26)18-32(19-29(34)35)28(33)15-23-8-13-27-24(14-23)17-30(3,37-27)16-21-4-9-25(31)10-5-21/h4-14,20H,15-19H2,1-3H3,(H,34,35)/t30-/m1/s1. The summed E-state index contributed by atoms with van der Waals surface area (Å²) in [4.78, 5) is 26.0. The van der Waals surface area contributed by atoms with Crippen LogP contribution in [0.4, 0.5) is 0 Å². The second-order valence-electron chi connectivity index (χ2n) is 10.1. The molecule has 0 saturated heterocycles. The summed E-state index contributed by atoms with van der Waals surface area (Å²) >= 11 is 6.01. The summed E-state index contributed by atoms with van der Waals surface area (Å²) < 4.78 is 11.9. The van der Waals surface area contributed by atoms with Gasteiger partial charge >= 0.3 is 5.97 Å². The van der Waals surface area contributed by atoms with Crippen LogP contribution < -0.4 is 9.47 Å². The molecule has 0 aliphatic carbocycles. The van der Waals surface area contributed by atoms with Crippen LogP contribution in [-0.4, -0.2) is 40.1 Å². The number of halogens is 1. The zero-order valence-electron chi connectivity index (χ0n) is 21.4. The minimum absolute atomic E-state index is 0.0592. The Bertz CT molecular complexity index is 1260. The third-order valence-corrected chi connectivity index (χ3v) is 6.49. The normalized spacial score (nSPS) is 16.2. The van der Waals surface area contributed by atoms with Crippen LogP contribution in [-0.2, 0) is 35.4 Å². The van der Waals surface area contributed by atoms with E-state index in [0.29, 0.717) is 5.02 Å². The highest BCUT2D eigenvalue weighted by molar-refractivity contribution is 6.30. The lowest BCUT2D eigenvalue weighted by molar-refractivity contribution is -0.144. The number of hydrogen-bond acceptors (Lipinski definition) is 4. The summed E-state index contributed by atoms with van der Waals surface area (Å²) in [7, 11) is 0. The lowest BCUT2D eigenvalue weighted by Gasteiger charge is -2.24. The van der Waals surface area contributed by atoms with E-state index < -0.39 is 5.97 Å². The fraction of sp³-hybridized carbons (Fsp3) is 0.333. The molecule has 1 atom stereocenters. The number of carboxylic acid groups (broad SMARTS) is 1. The molecule has 1 aliphatic rings. The molecule has 3 aromatic rings. The largest absolute Gasteiger partial charge is 0.491 e. The maximum atomic E-state index is 13.2. The highest BCUT2D eigenvalue weighted by Crippen LogP contribution is 2.37. The van der Waals surface area contributed by atoms with Crippen molar-refractivity contribution in [1.82, 2.24) is 4.90 Å². The molecule has 0 fully saturated rings. The molecule has 0 saturated carbocycles. The van der Waals surface area contributed by atoms with Crippen molar-refractivity contribution in [2.45, 2.75) is 58.3 Å². The molecular formula is C30H32ClNO5. The highest BCUT2D eigenvalue weighted by Gasteiger charge is 2.35. The molecule has 0 spiro atoms. The number of carbonyl (C=O) groups excluding carboxylic acids is 1. The van der Waals surface area contributed by atoms with Gasteiger partial charge in [-0.3, -0.25) is 9.59 Å². The Morgan fingerprint density at radius 3 is 2.32 bits per heavy atom. The summed E-state index contributed by atoms with van der Waals surface area (Å²) in [5.74, 6) is 0.262. The monoisotopic (exact) mass is 521 g/mol. The zero-order chi connectivity index (χ0) is 26.6. The van der Waals surface area contributed by atoms with Crippen molar-refractivity contribution in [2.75, 3.05) is 6.54 Å². The van der Waals surface area contributed by atoms with Crippen LogP contribution in [0.25, 0.3) is 0 Å². The molecule has 0 radical (unpaired) electrons.